The first-order chi connectivity index (χ1) is 17.1. The van der Waals surface area contributed by atoms with Crippen molar-refractivity contribution < 1.29 is 9.59 Å². The maximum atomic E-state index is 12.8. The second-order valence-corrected chi connectivity index (χ2v) is 8.51. The minimum Gasteiger partial charge on any atom is -0.359 e. The molecule has 8 nitrogen and oxygen atoms in total. The van der Waals surface area contributed by atoms with Crippen molar-refractivity contribution in [3.05, 3.63) is 78.8 Å². The van der Waals surface area contributed by atoms with Crippen LogP contribution in [0.25, 0.3) is 22.0 Å². The van der Waals surface area contributed by atoms with Gasteiger partial charge < -0.3 is 15.6 Å². The van der Waals surface area contributed by atoms with Crippen molar-refractivity contribution in [2.75, 3.05) is 7.05 Å². The van der Waals surface area contributed by atoms with Crippen molar-refractivity contribution in [1.29, 1.82) is 0 Å². The van der Waals surface area contributed by atoms with Gasteiger partial charge in [0.15, 0.2) is 0 Å². The number of fused-ring (bicyclic) bond motifs is 1. The Bertz CT molecular complexity index is 1270. The van der Waals surface area contributed by atoms with Crippen molar-refractivity contribution in [2.24, 2.45) is 0 Å². The first kappa shape index (κ1) is 24.1. The van der Waals surface area contributed by atoms with Gasteiger partial charge in [-0.3, -0.25) is 19.6 Å². The summed E-state index contributed by atoms with van der Waals surface area (Å²) >= 11 is 0. The van der Waals surface area contributed by atoms with Crippen molar-refractivity contribution in [2.45, 2.75) is 44.6 Å². The van der Waals surface area contributed by atoms with Gasteiger partial charge in [0.25, 0.3) is 0 Å². The number of hydrogen-bond acceptors (Lipinski definition) is 5. The minimum absolute atomic E-state index is 0.0462. The number of nitrogens with one attached hydrogen (secondary N) is 3. The van der Waals surface area contributed by atoms with Gasteiger partial charge in [0.1, 0.15) is 5.82 Å². The number of imidazole rings is 1. The normalized spacial score (nSPS) is 11.8. The molecule has 0 spiro atoms. The van der Waals surface area contributed by atoms with Gasteiger partial charge in [0.2, 0.25) is 11.8 Å². The maximum absolute atomic E-state index is 12.8. The molecule has 0 saturated carbocycles. The Labute approximate surface area is 204 Å². The Hall–Kier alpha value is -4.07. The molecule has 0 radical (unpaired) electrons. The molecule has 4 aromatic rings. The Morgan fingerprint density at radius 3 is 2.60 bits per heavy atom. The predicted octanol–water partition coefficient (Wildman–Crippen LogP) is 4.12. The summed E-state index contributed by atoms with van der Waals surface area (Å²) in [6.45, 7) is 0. The fourth-order valence-corrected chi connectivity index (χ4v) is 4.06. The van der Waals surface area contributed by atoms with Crippen LogP contribution in [0.4, 0.5) is 0 Å². The molecule has 2 amide bonds. The van der Waals surface area contributed by atoms with Crippen LogP contribution in [0.15, 0.2) is 67.3 Å². The highest BCUT2D eigenvalue weighted by Gasteiger charge is 2.19. The van der Waals surface area contributed by atoms with Crippen LogP contribution in [-0.4, -0.2) is 38.8 Å². The highest BCUT2D eigenvalue weighted by molar-refractivity contribution is 5.86. The molecule has 1 atom stereocenters. The van der Waals surface area contributed by atoms with Crippen LogP contribution in [0.1, 0.15) is 49.7 Å². The average molecular weight is 471 g/mol. The van der Waals surface area contributed by atoms with Gasteiger partial charge in [-0.2, -0.15) is 0 Å². The number of aromatic nitrogens is 4. The number of rotatable bonds is 11. The lowest BCUT2D eigenvalue weighted by molar-refractivity contribution is -0.121. The highest BCUT2D eigenvalue weighted by Crippen LogP contribution is 2.26. The van der Waals surface area contributed by atoms with E-state index in [4.69, 9.17) is 0 Å². The molecule has 2 aromatic carbocycles. The maximum Gasteiger partial charge on any atom is 0.226 e. The largest absolute Gasteiger partial charge is 0.359 e. The van der Waals surface area contributed by atoms with Crippen molar-refractivity contribution in [1.82, 2.24) is 30.6 Å². The molecule has 0 aliphatic carbocycles. The number of benzene rings is 2. The molecule has 0 aliphatic heterocycles. The minimum atomic E-state index is -0.270. The number of carbonyl (C=O) groups is 2. The van der Waals surface area contributed by atoms with E-state index in [-0.39, 0.29) is 24.3 Å². The van der Waals surface area contributed by atoms with E-state index in [1.807, 2.05) is 18.3 Å². The molecular formula is C27H30N6O2. The number of carbonyl (C=O) groups excluding carboxylic acids is 2. The van der Waals surface area contributed by atoms with Gasteiger partial charge >= 0.3 is 0 Å². The first-order valence-electron chi connectivity index (χ1n) is 11.9. The molecule has 3 N–H and O–H groups in total. The Morgan fingerprint density at radius 2 is 1.80 bits per heavy atom. The number of nitrogens with zero attached hydrogens (tertiary/aromatic N) is 3. The molecule has 2 heterocycles. The highest BCUT2D eigenvalue weighted by atomic mass is 16.2. The van der Waals surface area contributed by atoms with Crippen molar-refractivity contribution in [3.63, 3.8) is 0 Å². The van der Waals surface area contributed by atoms with E-state index < -0.39 is 0 Å². The first-order valence-corrected chi connectivity index (χ1v) is 11.9. The third kappa shape index (κ3) is 6.72. The molecular weight excluding hydrogens is 440 g/mol. The fourth-order valence-electron chi connectivity index (χ4n) is 4.06. The Balaban J connectivity index is 1.46. The third-order valence-corrected chi connectivity index (χ3v) is 5.96. The van der Waals surface area contributed by atoms with Crippen LogP contribution < -0.4 is 10.6 Å². The van der Waals surface area contributed by atoms with Crippen LogP contribution in [0.2, 0.25) is 0 Å². The fraction of sp³-hybridized carbons (Fsp3) is 0.296. The third-order valence-electron chi connectivity index (χ3n) is 5.96. The van der Waals surface area contributed by atoms with Gasteiger partial charge in [-0.25, -0.2) is 4.98 Å². The molecule has 0 bridgehead atoms. The van der Waals surface area contributed by atoms with Crippen molar-refractivity contribution >= 4 is 22.6 Å². The number of unbranched alkanes of at least 4 members (excludes halogenated alkanes) is 2. The zero-order chi connectivity index (χ0) is 24.5. The summed E-state index contributed by atoms with van der Waals surface area (Å²) in [5.41, 5.74) is 2.56. The van der Waals surface area contributed by atoms with E-state index >= 15 is 0 Å². The van der Waals surface area contributed by atoms with Gasteiger partial charge in [-0.15, -0.1) is 0 Å². The number of H-pyrrole nitrogens is 1. The SMILES string of the molecule is CNC(=O)CCCCC[C@H](NC(=O)Cc1cnccn1)c1ncc(-c2ccc3ccccc3c2)[nH]1. The van der Waals surface area contributed by atoms with Gasteiger partial charge in [-0.1, -0.05) is 49.2 Å². The number of amides is 2. The van der Waals surface area contributed by atoms with E-state index in [1.54, 1.807) is 25.6 Å². The lowest BCUT2D eigenvalue weighted by Crippen LogP contribution is -2.31. The summed E-state index contributed by atoms with van der Waals surface area (Å²) in [4.78, 5) is 40.5. The molecule has 0 saturated heterocycles. The summed E-state index contributed by atoms with van der Waals surface area (Å²) in [5, 5.41) is 8.10. The summed E-state index contributed by atoms with van der Waals surface area (Å²) in [6.07, 6.45) is 10.5. The average Bonchev–Trinajstić information content (AvgIpc) is 3.38. The van der Waals surface area contributed by atoms with Gasteiger partial charge in [0, 0.05) is 37.6 Å². The molecule has 35 heavy (non-hydrogen) atoms. The summed E-state index contributed by atoms with van der Waals surface area (Å²) in [5.74, 6) is 0.626. The van der Waals surface area contributed by atoms with Crippen LogP contribution in [-0.2, 0) is 16.0 Å². The molecule has 4 rings (SSSR count). The second kappa shape index (κ2) is 11.9. The summed E-state index contributed by atoms with van der Waals surface area (Å²) in [6, 6.07) is 14.3. The number of hydrogen-bond donors (Lipinski definition) is 3. The van der Waals surface area contributed by atoms with E-state index in [0.29, 0.717) is 24.4 Å². The van der Waals surface area contributed by atoms with Crippen LogP contribution in [0, 0.1) is 0 Å². The lowest BCUT2D eigenvalue weighted by atomic mass is 10.1. The van der Waals surface area contributed by atoms with Gasteiger partial charge in [-0.05, 0) is 29.7 Å². The monoisotopic (exact) mass is 470 g/mol. The van der Waals surface area contributed by atoms with E-state index in [9.17, 15) is 9.59 Å². The molecule has 0 fully saturated rings. The Morgan fingerprint density at radius 1 is 0.943 bits per heavy atom. The van der Waals surface area contributed by atoms with Crippen LogP contribution in [0.3, 0.4) is 0 Å². The molecule has 0 aliphatic rings. The smallest absolute Gasteiger partial charge is 0.226 e. The summed E-state index contributed by atoms with van der Waals surface area (Å²) in [7, 11) is 1.65. The van der Waals surface area contributed by atoms with E-state index in [2.05, 4.69) is 60.9 Å². The lowest BCUT2D eigenvalue weighted by Gasteiger charge is -2.17. The quantitative estimate of drug-likeness (QED) is 0.286. The molecule has 0 unspecified atom stereocenters. The van der Waals surface area contributed by atoms with Crippen molar-refractivity contribution in [3.8, 4) is 11.3 Å². The molecule has 8 heteroatoms. The second-order valence-electron chi connectivity index (χ2n) is 8.51. The zero-order valence-corrected chi connectivity index (χ0v) is 19.8. The standard InChI is InChI=1S/C27H30N6O2/c1-28-25(34)10-4-2-3-9-23(32-26(35)16-22-17-29-13-14-30-22)27-31-18-24(33-27)21-12-11-19-7-5-6-8-20(19)15-21/h5-8,11-15,17-18,23H,2-4,9-10,16H2,1H3,(H,28,34)(H,31,33)(H,32,35)/t23-/m0/s1. The Kier molecular flexibility index (Phi) is 8.17. The molecule has 2 aromatic heterocycles. The topological polar surface area (TPSA) is 113 Å². The predicted molar refractivity (Wildman–Crippen MR) is 135 cm³/mol. The van der Waals surface area contributed by atoms with E-state index in [0.717, 1.165) is 35.9 Å². The van der Waals surface area contributed by atoms with E-state index in [1.165, 1.54) is 5.39 Å². The van der Waals surface area contributed by atoms with Crippen LogP contribution in [0.5, 0.6) is 0 Å². The molecule has 180 valence electrons. The zero-order valence-electron chi connectivity index (χ0n) is 19.8. The van der Waals surface area contributed by atoms with Crippen LogP contribution >= 0.6 is 0 Å². The number of aromatic amines is 1. The van der Waals surface area contributed by atoms with Gasteiger partial charge in [0.05, 0.1) is 30.0 Å². The summed E-state index contributed by atoms with van der Waals surface area (Å²) < 4.78 is 0.